The van der Waals surface area contributed by atoms with Crippen molar-refractivity contribution < 1.29 is 4.39 Å². The third-order valence-electron chi connectivity index (χ3n) is 2.54. The van der Waals surface area contributed by atoms with Gasteiger partial charge in [-0.25, -0.2) is 9.07 Å². The fraction of sp³-hybridized carbons (Fsp3) is 0.333. The van der Waals surface area contributed by atoms with Gasteiger partial charge in [0, 0.05) is 0 Å². The molecule has 0 aliphatic carbocycles. The van der Waals surface area contributed by atoms with Gasteiger partial charge in [-0.05, 0) is 30.2 Å². The lowest BCUT2D eigenvalue weighted by atomic mass is 10.1. The molecule has 1 aromatic carbocycles. The lowest BCUT2D eigenvalue weighted by Crippen LogP contribution is -2.02. The highest BCUT2D eigenvalue weighted by Gasteiger charge is 2.15. The van der Waals surface area contributed by atoms with Crippen LogP contribution in [0.3, 0.4) is 0 Å². The van der Waals surface area contributed by atoms with E-state index in [1.807, 2.05) is 13.8 Å². The molecule has 0 unspecified atom stereocenters. The Labute approximate surface area is 104 Å². The number of hydrogen-bond acceptors (Lipinski definition) is 2. The molecule has 0 saturated heterocycles. The van der Waals surface area contributed by atoms with E-state index in [0.717, 1.165) is 17.1 Å². The molecule has 0 aliphatic heterocycles. The van der Waals surface area contributed by atoms with Crippen molar-refractivity contribution in [3.8, 4) is 5.69 Å². The van der Waals surface area contributed by atoms with Crippen LogP contribution in [0.5, 0.6) is 0 Å². The fourth-order valence-electron chi connectivity index (χ4n) is 1.68. The maximum atomic E-state index is 12.8. The minimum absolute atomic E-state index is 0.262. The standard InChI is InChI=1S/C12H13ClFN3/c1-8(2)12-11(7-13)17(16-15-12)10-5-3-9(14)4-6-10/h3-6,8H,7H2,1-2H3. The molecule has 0 aliphatic rings. The molecule has 0 saturated carbocycles. The van der Waals surface area contributed by atoms with Crippen molar-refractivity contribution in [3.05, 3.63) is 41.5 Å². The average Bonchev–Trinajstić information content (AvgIpc) is 2.73. The van der Waals surface area contributed by atoms with Crippen LogP contribution in [0.2, 0.25) is 0 Å². The summed E-state index contributed by atoms with van der Waals surface area (Å²) in [7, 11) is 0. The molecule has 17 heavy (non-hydrogen) atoms. The number of alkyl halides is 1. The van der Waals surface area contributed by atoms with Crippen LogP contribution < -0.4 is 0 Å². The van der Waals surface area contributed by atoms with Gasteiger partial charge in [0.05, 0.1) is 23.0 Å². The van der Waals surface area contributed by atoms with Crippen molar-refractivity contribution in [3.63, 3.8) is 0 Å². The molecule has 3 nitrogen and oxygen atoms in total. The van der Waals surface area contributed by atoms with Crippen LogP contribution in [0.4, 0.5) is 4.39 Å². The molecule has 2 aromatic rings. The zero-order chi connectivity index (χ0) is 12.4. The van der Waals surface area contributed by atoms with Gasteiger partial charge in [0.15, 0.2) is 0 Å². The summed E-state index contributed by atoms with van der Waals surface area (Å²) in [5.74, 6) is 0.320. The number of rotatable bonds is 3. The van der Waals surface area contributed by atoms with Crippen LogP contribution in [0.15, 0.2) is 24.3 Å². The fourth-order valence-corrected chi connectivity index (χ4v) is 1.93. The van der Waals surface area contributed by atoms with Crippen LogP contribution in [0.25, 0.3) is 5.69 Å². The molecule has 0 spiro atoms. The lowest BCUT2D eigenvalue weighted by molar-refractivity contribution is 0.626. The minimum atomic E-state index is -0.273. The average molecular weight is 254 g/mol. The van der Waals surface area contributed by atoms with Crippen molar-refractivity contribution in [2.45, 2.75) is 25.6 Å². The smallest absolute Gasteiger partial charge is 0.123 e. The molecule has 5 heteroatoms. The molecular formula is C12H13ClFN3. The van der Waals surface area contributed by atoms with Gasteiger partial charge in [-0.2, -0.15) is 0 Å². The maximum absolute atomic E-state index is 12.8. The minimum Gasteiger partial charge on any atom is -0.216 e. The van der Waals surface area contributed by atoms with Gasteiger partial charge in [0.1, 0.15) is 5.82 Å². The summed E-state index contributed by atoms with van der Waals surface area (Å²) in [5.41, 5.74) is 2.50. The van der Waals surface area contributed by atoms with Gasteiger partial charge in [0.25, 0.3) is 0 Å². The highest BCUT2D eigenvalue weighted by Crippen LogP contribution is 2.21. The van der Waals surface area contributed by atoms with E-state index in [2.05, 4.69) is 10.3 Å². The number of hydrogen-bond donors (Lipinski definition) is 0. The van der Waals surface area contributed by atoms with Crippen molar-refractivity contribution in [2.75, 3.05) is 0 Å². The Kier molecular flexibility index (Phi) is 3.43. The molecule has 0 amide bonds. The first kappa shape index (κ1) is 12.0. The van der Waals surface area contributed by atoms with E-state index in [4.69, 9.17) is 11.6 Å². The van der Waals surface area contributed by atoms with E-state index in [0.29, 0.717) is 5.88 Å². The van der Waals surface area contributed by atoms with Crippen molar-refractivity contribution in [2.24, 2.45) is 0 Å². The normalized spacial score (nSPS) is 11.1. The Morgan fingerprint density at radius 1 is 1.29 bits per heavy atom. The van der Waals surface area contributed by atoms with Crippen LogP contribution in [-0.2, 0) is 5.88 Å². The predicted molar refractivity (Wildman–Crippen MR) is 65.0 cm³/mol. The third kappa shape index (κ3) is 2.31. The second-order valence-corrected chi connectivity index (χ2v) is 4.37. The molecule has 90 valence electrons. The van der Waals surface area contributed by atoms with Crippen LogP contribution in [-0.4, -0.2) is 15.0 Å². The van der Waals surface area contributed by atoms with Gasteiger partial charge < -0.3 is 0 Å². The summed E-state index contributed by atoms with van der Waals surface area (Å²) >= 11 is 5.93. The van der Waals surface area contributed by atoms with Gasteiger partial charge in [-0.3, -0.25) is 0 Å². The highest BCUT2D eigenvalue weighted by molar-refractivity contribution is 6.17. The lowest BCUT2D eigenvalue weighted by Gasteiger charge is -2.06. The van der Waals surface area contributed by atoms with Crippen LogP contribution in [0.1, 0.15) is 31.2 Å². The highest BCUT2D eigenvalue weighted by atomic mass is 35.5. The molecular weight excluding hydrogens is 241 g/mol. The van der Waals surface area contributed by atoms with E-state index in [-0.39, 0.29) is 11.7 Å². The van der Waals surface area contributed by atoms with Gasteiger partial charge in [-0.1, -0.05) is 19.1 Å². The molecule has 0 fully saturated rings. The van der Waals surface area contributed by atoms with Crippen LogP contribution in [0, 0.1) is 5.82 Å². The van der Waals surface area contributed by atoms with E-state index in [1.165, 1.54) is 12.1 Å². The first-order valence-electron chi connectivity index (χ1n) is 5.40. The Hall–Kier alpha value is -1.42. The number of halogens is 2. The van der Waals surface area contributed by atoms with E-state index >= 15 is 0 Å². The van der Waals surface area contributed by atoms with Gasteiger partial charge >= 0.3 is 0 Å². The Balaban J connectivity index is 2.48. The topological polar surface area (TPSA) is 30.7 Å². The van der Waals surface area contributed by atoms with Crippen molar-refractivity contribution in [1.82, 2.24) is 15.0 Å². The molecule has 0 radical (unpaired) electrons. The summed E-state index contributed by atoms with van der Waals surface area (Å²) in [6, 6.07) is 6.10. The number of benzene rings is 1. The third-order valence-corrected chi connectivity index (χ3v) is 2.79. The molecule has 1 heterocycles. The molecule has 2 rings (SSSR count). The largest absolute Gasteiger partial charge is 0.216 e. The predicted octanol–water partition coefficient (Wildman–Crippen LogP) is 3.27. The zero-order valence-electron chi connectivity index (χ0n) is 9.69. The van der Waals surface area contributed by atoms with E-state index < -0.39 is 0 Å². The SMILES string of the molecule is CC(C)c1nnn(-c2ccc(F)cc2)c1CCl. The van der Waals surface area contributed by atoms with Crippen molar-refractivity contribution >= 4 is 11.6 Å². The number of aromatic nitrogens is 3. The van der Waals surface area contributed by atoms with E-state index in [1.54, 1.807) is 16.8 Å². The van der Waals surface area contributed by atoms with E-state index in [9.17, 15) is 4.39 Å². The van der Waals surface area contributed by atoms with Gasteiger partial charge in [-0.15, -0.1) is 16.7 Å². The summed E-state index contributed by atoms with van der Waals surface area (Å²) in [5, 5.41) is 8.19. The molecule has 0 bridgehead atoms. The molecule has 1 aromatic heterocycles. The Morgan fingerprint density at radius 2 is 1.94 bits per heavy atom. The first-order chi connectivity index (χ1) is 8.13. The summed E-state index contributed by atoms with van der Waals surface area (Å²) in [4.78, 5) is 0. The zero-order valence-corrected chi connectivity index (χ0v) is 10.4. The molecule has 0 atom stereocenters. The number of nitrogens with zero attached hydrogens (tertiary/aromatic N) is 3. The summed E-state index contributed by atoms with van der Waals surface area (Å²) in [6.07, 6.45) is 0. The summed E-state index contributed by atoms with van der Waals surface area (Å²) in [6.45, 7) is 4.07. The summed E-state index contributed by atoms with van der Waals surface area (Å²) < 4.78 is 14.5. The molecule has 0 N–H and O–H groups in total. The Bertz CT molecular complexity index is 505. The first-order valence-corrected chi connectivity index (χ1v) is 5.93. The Morgan fingerprint density at radius 3 is 2.47 bits per heavy atom. The second-order valence-electron chi connectivity index (χ2n) is 4.10. The maximum Gasteiger partial charge on any atom is 0.123 e. The van der Waals surface area contributed by atoms with Crippen molar-refractivity contribution in [1.29, 1.82) is 0 Å². The van der Waals surface area contributed by atoms with Gasteiger partial charge in [0.2, 0.25) is 0 Å². The monoisotopic (exact) mass is 253 g/mol. The quantitative estimate of drug-likeness (QED) is 0.786. The second kappa shape index (κ2) is 4.84. The van der Waals surface area contributed by atoms with Crippen LogP contribution >= 0.6 is 11.6 Å².